The van der Waals surface area contributed by atoms with Gasteiger partial charge < -0.3 is 9.47 Å². The zero-order valence-corrected chi connectivity index (χ0v) is 11.6. The summed E-state index contributed by atoms with van der Waals surface area (Å²) in [7, 11) is -4.61. The number of aromatic nitrogens is 2. The minimum atomic E-state index is -4.61. The molecule has 8 nitrogen and oxygen atoms in total. The second-order valence-electron chi connectivity index (χ2n) is 4.37. The molecule has 112 valence electrons. The first-order valence-electron chi connectivity index (χ1n) is 6.09. The van der Waals surface area contributed by atoms with Crippen LogP contribution in [0.3, 0.4) is 0 Å². The number of imidazole rings is 1. The van der Waals surface area contributed by atoms with E-state index in [2.05, 4.69) is 9.27 Å². The Kier molecular flexibility index (Phi) is 3.43. The van der Waals surface area contributed by atoms with Gasteiger partial charge in [0.2, 0.25) is 0 Å². The van der Waals surface area contributed by atoms with E-state index >= 15 is 0 Å². The second-order valence-corrected chi connectivity index (χ2v) is 5.38. The summed E-state index contributed by atoms with van der Waals surface area (Å²) >= 11 is 0. The molecule has 0 radical (unpaired) electrons. The van der Waals surface area contributed by atoms with Crippen molar-refractivity contribution in [3.05, 3.63) is 42.5 Å². The lowest BCUT2D eigenvalue weighted by molar-refractivity contribution is 0.0862. The summed E-state index contributed by atoms with van der Waals surface area (Å²) in [5, 5.41) is 0. The summed E-state index contributed by atoms with van der Waals surface area (Å²) in [5.74, 6) is 1.56. The maximum Gasteiger partial charge on any atom is 0.465 e. The average Bonchev–Trinajstić information content (AvgIpc) is 2.84. The maximum absolute atomic E-state index is 10.7. The van der Waals surface area contributed by atoms with E-state index in [1.54, 1.807) is 12.1 Å². The topological polar surface area (TPSA) is 99.9 Å². The molecule has 0 saturated carbocycles. The predicted octanol–water partition coefficient (Wildman–Crippen LogP) is 0.497. The first-order chi connectivity index (χ1) is 10.0. The highest BCUT2D eigenvalue weighted by atomic mass is 32.3. The zero-order valence-electron chi connectivity index (χ0n) is 10.7. The maximum atomic E-state index is 10.7. The first kappa shape index (κ1) is 13.7. The summed E-state index contributed by atoms with van der Waals surface area (Å²) in [6, 6.07) is 7.25. The minimum Gasteiger partial charge on any atom is -0.486 e. The van der Waals surface area contributed by atoms with Crippen molar-refractivity contribution in [3.8, 4) is 11.5 Å². The van der Waals surface area contributed by atoms with Gasteiger partial charge in [0.1, 0.15) is 18.5 Å². The Bertz CT molecular complexity index is 742. The largest absolute Gasteiger partial charge is 0.486 e. The molecule has 21 heavy (non-hydrogen) atoms. The fourth-order valence-corrected chi connectivity index (χ4v) is 2.34. The molecule has 3 rings (SSSR count). The highest BCUT2D eigenvalue weighted by Crippen LogP contribution is 2.31. The van der Waals surface area contributed by atoms with E-state index < -0.39 is 10.4 Å². The summed E-state index contributed by atoms with van der Waals surface area (Å²) in [6.07, 6.45) is 2.56. The molecule has 1 aromatic carbocycles. The van der Waals surface area contributed by atoms with Crippen molar-refractivity contribution in [2.24, 2.45) is 0 Å². The number of para-hydroxylation sites is 2. The molecule has 0 saturated heterocycles. The summed E-state index contributed by atoms with van der Waals surface area (Å²) < 4.78 is 46.7. The molecule has 0 spiro atoms. The quantitative estimate of drug-likeness (QED) is 0.820. The van der Waals surface area contributed by atoms with Crippen molar-refractivity contribution in [2.75, 3.05) is 6.61 Å². The summed E-state index contributed by atoms with van der Waals surface area (Å²) in [6.45, 7) is 0.301. The van der Waals surface area contributed by atoms with E-state index in [1.165, 1.54) is 12.4 Å². The lowest BCUT2D eigenvalue weighted by atomic mass is 10.2. The first-order valence-corrected chi connectivity index (χ1v) is 7.46. The van der Waals surface area contributed by atoms with Crippen LogP contribution in [-0.2, 0) is 16.8 Å². The third kappa shape index (κ3) is 3.26. The van der Waals surface area contributed by atoms with Gasteiger partial charge in [-0.2, -0.15) is 13.1 Å². The Morgan fingerprint density at radius 1 is 1.38 bits per heavy atom. The fourth-order valence-electron chi connectivity index (χ4n) is 2.00. The van der Waals surface area contributed by atoms with Gasteiger partial charge in [-0.15, -0.1) is 0 Å². The van der Waals surface area contributed by atoms with Gasteiger partial charge in [0, 0.05) is 12.6 Å². The van der Waals surface area contributed by atoms with Gasteiger partial charge in [0.05, 0.1) is 6.20 Å². The van der Waals surface area contributed by atoms with E-state index in [0.29, 0.717) is 23.9 Å². The summed E-state index contributed by atoms with van der Waals surface area (Å²) in [4.78, 5) is 3.98. The third-order valence-electron chi connectivity index (χ3n) is 2.83. The van der Waals surface area contributed by atoms with E-state index in [1.807, 2.05) is 12.1 Å². The molecule has 0 bridgehead atoms. The van der Waals surface area contributed by atoms with E-state index in [-0.39, 0.29) is 12.5 Å². The highest BCUT2D eigenvalue weighted by Gasteiger charge is 2.23. The molecule has 0 amide bonds. The molecular weight excluding hydrogens is 300 g/mol. The second kappa shape index (κ2) is 5.26. The number of benzene rings is 1. The average molecular weight is 312 g/mol. The molecular formula is C12H12N2O6S. The summed E-state index contributed by atoms with van der Waals surface area (Å²) in [5.41, 5.74) is 0. The van der Waals surface area contributed by atoms with Crippen molar-refractivity contribution < 1.29 is 26.7 Å². The van der Waals surface area contributed by atoms with Crippen molar-refractivity contribution in [1.82, 2.24) is 9.71 Å². The van der Waals surface area contributed by atoms with Gasteiger partial charge in [0.25, 0.3) is 0 Å². The number of ether oxygens (including phenoxy) is 2. The number of hydrogen-bond donors (Lipinski definition) is 1. The van der Waals surface area contributed by atoms with Crippen LogP contribution < -0.4 is 13.8 Å². The van der Waals surface area contributed by atoms with Gasteiger partial charge in [0.15, 0.2) is 11.5 Å². The normalized spacial score (nSPS) is 17.5. The van der Waals surface area contributed by atoms with Crippen LogP contribution in [0.15, 0.2) is 36.7 Å². The monoisotopic (exact) mass is 312 g/mol. The van der Waals surface area contributed by atoms with Gasteiger partial charge in [-0.25, -0.2) is 4.98 Å². The Labute approximate surface area is 120 Å². The highest BCUT2D eigenvalue weighted by molar-refractivity contribution is 7.81. The number of rotatable bonds is 4. The Balaban J connectivity index is 1.73. The van der Waals surface area contributed by atoms with Crippen LogP contribution >= 0.6 is 0 Å². The Morgan fingerprint density at radius 3 is 2.90 bits per heavy atom. The van der Waals surface area contributed by atoms with Crippen molar-refractivity contribution in [2.45, 2.75) is 12.5 Å². The van der Waals surface area contributed by atoms with Gasteiger partial charge in [-0.1, -0.05) is 12.1 Å². The fraction of sp³-hybridized carbons (Fsp3) is 0.250. The Morgan fingerprint density at radius 2 is 2.14 bits per heavy atom. The molecule has 0 aliphatic carbocycles. The molecule has 1 N–H and O–H groups in total. The molecule has 0 fully saturated rings. The van der Waals surface area contributed by atoms with Crippen LogP contribution in [-0.4, -0.2) is 35.4 Å². The lowest BCUT2D eigenvalue weighted by Crippen LogP contribution is -2.33. The molecule has 2 heterocycles. The van der Waals surface area contributed by atoms with Crippen molar-refractivity contribution >= 4 is 10.4 Å². The number of fused-ring (bicyclic) bond motifs is 1. The number of nitrogens with zero attached hydrogens (tertiary/aromatic N) is 2. The standard InChI is InChI=1S/C12H12N2O6S/c15-21(16,17)20-14-6-5-13-12(14)7-9-8-18-10-3-1-2-4-11(10)19-9/h1-6,9H,7-8H2,(H,15,16,17). The van der Waals surface area contributed by atoms with Crippen LogP contribution in [0.2, 0.25) is 0 Å². The van der Waals surface area contributed by atoms with E-state index in [0.717, 1.165) is 4.73 Å². The molecule has 2 aromatic rings. The molecule has 1 unspecified atom stereocenters. The molecule has 1 aliphatic rings. The Hall–Kier alpha value is -2.26. The third-order valence-corrected chi connectivity index (χ3v) is 3.18. The zero-order chi connectivity index (χ0) is 14.9. The molecule has 1 atom stereocenters. The van der Waals surface area contributed by atoms with Crippen LogP contribution in [0.4, 0.5) is 0 Å². The van der Waals surface area contributed by atoms with Crippen LogP contribution in [0.1, 0.15) is 5.82 Å². The molecule has 9 heteroatoms. The van der Waals surface area contributed by atoms with Gasteiger partial charge >= 0.3 is 10.4 Å². The minimum absolute atomic E-state index is 0.261. The van der Waals surface area contributed by atoms with E-state index in [4.69, 9.17) is 14.0 Å². The smallest absolute Gasteiger partial charge is 0.465 e. The van der Waals surface area contributed by atoms with Crippen molar-refractivity contribution in [3.63, 3.8) is 0 Å². The van der Waals surface area contributed by atoms with Gasteiger partial charge in [-0.3, -0.25) is 8.84 Å². The molecule has 1 aliphatic heterocycles. The van der Waals surface area contributed by atoms with Crippen LogP contribution in [0.25, 0.3) is 0 Å². The van der Waals surface area contributed by atoms with Crippen LogP contribution in [0.5, 0.6) is 11.5 Å². The predicted molar refractivity (Wildman–Crippen MR) is 70.4 cm³/mol. The van der Waals surface area contributed by atoms with Crippen molar-refractivity contribution in [1.29, 1.82) is 0 Å². The number of hydrogen-bond acceptors (Lipinski definition) is 6. The SMILES string of the molecule is O=S(=O)(O)On1ccnc1CC1COc2ccccc2O1. The van der Waals surface area contributed by atoms with Crippen LogP contribution in [0, 0.1) is 0 Å². The molecule has 1 aromatic heterocycles. The lowest BCUT2D eigenvalue weighted by Gasteiger charge is -2.26. The van der Waals surface area contributed by atoms with Gasteiger partial charge in [-0.05, 0) is 12.1 Å². The van der Waals surface area contributed by atoms with E-state index in [9.17, 15) is 8.42 Å².